The lowest BCUT2D eigenvalue weighted by molar-refractivity contribution is 0.518. The summed E-state index contributed by atoms with van der Waals surface area (Å²) in [6, 6.07) is 13.9. The fourth-order valence-corrected chi connectivity index (χ4v) is 2.06. The first-order valence-corrected chi connectivity index (χ1v) is 7.29. The number of hydrogen-bond donors (Lipinski definition) is 2. The van der Waals surface area contributed by atoms with E-state index in [-0.39, 0.29) is 0 Å². The number of aromatic nitrogens is 2. The Kier molecular flexibility index (Phi) is 4.34. The van der Waals surface area contributed by atoms with Gasteiger partial charge < -0.3 is 15.1 Å². The van der Waals surface area contributed by atoms with E-state index in [4.69, 9.17) is 4.42 Å². The minimum Gasteiger partial charge on any atom is -0.467 e. The fourth-order valence-electron chi connectivity index (χ4n) is 2.06. The van der Waals surface area contributed by atoms with Gasteiger partial charge in [-0.25, -0.2) is 4.98 Å². The summed E-state index contributed by atoms with van der Waals surface area (Å²) in [5, 5.41) is 6.41. The van der Waals surface area contributed by atoms with Gasteiger partial charge in [-0.15, -0.1) is 0 Å². The van der Waals surface area contributed by atoms with Crippen molar-refractivity contribution in [3.05, 3.63) is 66.2 Å². The van der Waals surface area contributed by atoms with Gasteiger partial charge in [-0.05, 0) is 42.3 Å². The molecule has 0 saturated carbocycles. The molecule has 0 aliphatic rings. The number of aryl methyl sites for hydroxylation is 1. The van der Waals surface area contributed by atoms with Gasteiger partial charge in [0, 0.05) is 11.9 Å². The van der Waals surface area contributed by atoms with Crippen LogP contribution >= 0.6 is 0 Å². The van der Waals surface area contributed by atoms with Gasteiger partial charge in [-0.1, -0.05) is 19.1 Å². The standard InChI is InChI=1S/C17H18N4O/c1-2-13-5-7-14(8-6-13)20-17-18-10-9-16(21-17)19-12-15-4-3-11-22-15/h3-11H,2,12H2,1H3,(H2,18,19,20,21). The summed E-state index contributed by atoms with van der Waals surface area (Å²) in [5.41, 5.74) is 2.28. The first-order valence-electron chi connectivity index (χ1n) is 7.29. The van der Waals surface area contributed by atoms with Gasteiger partial charge in [0.15, 0.2) is 0 Å². The number of furan rings is 1. The van der Waals surface area contributed by atoms with Gasteiger partial charge in [0.25, 0.3) is 0 Å². The highest BCUT2D eigenvalue weighted by Crippen LogP contribution is 2.15. The first-order chi connectivity index (χ1) is 10.8. The lowest BCUT2D eigenvalue weighted by atomic mass is 10.1. The normalized spacial score (nSPS) is 10.4. The molecule has 5 heteroatoms. The zero-order valence-electron chi connectivity index (χ0n) is 12.4. The molecule has 22 heavy (non-hydrogen) atoms. The summed E-state index contributed by atoms with van der Waals surface area (Å²) in [6.45, 7) is 2.73. The highest BCUT2D eigenvalue weighted by atomic mass is 16.3. The van der Waals surface area contributed by atoms with E-state index in [1.807, 2.05) is 30.3 Å². The summed E-state index contributed by atoms with van der Waals surface area (Å²) < 4.78 is 5.28. The smallest absolute Gasteiger partial charge is 0.229 e. The second-order valence-electron chi connectivity index (χ2n) is 4.87. The predicted molar refractivity (Wildman–Crippen MR) is 87.2 cm³/mol. The second-order valence-corrected chi connectivity index (χ2v) is 4.87. The van der Waals surface area contributed by atoms with Crippen molar-refractivity contribution >= 4 is 17.5 Å². The Labute approximate surface area is 129 Å². The van der Waals surface area contributed by atoms with Crippen molar-refractivity contribution in [2.45, 2.75) is 19.9 Å². The van der Waals surface area contributed by atoms with Gasteiger partial charge in [0.05, 0.1) is 12.8 Å². The molecule has 5 nitrogen and oxygen atoms in total. The lowest BCUT2D eigenvalue weighted by Gasteiger charge is -2.08. The van der Waals surface area contributed by atoms with Gasteiger partial charge in [0.1, 0.15) is 11.6 Å². The van der Waals surface area contributed by atoms with Crippen LogP contribution in [0.5, 0.6) is 0 Å². The molecule has 112 valence electrons. The maximum absolute atomic E-state index is 5.28. The van der Waals surface area contributed by atoms with Crippen LogP contribution in [0.25, 0.3) is 0 Å². The number of rotatable bonds is 6. The molecular weight excluding hydrogens is 276 g/mol. The second kappa shape index (κ2) is 6.76. The van der Waals surface area contributed by atoms with Crippen LogP contribution in [0, 0.1) is 0 Å². The third kappa shape index (κ3) is 3.63. The van der Waals surface area contributed by atoms with Crippen LogP contribution in [0.3, 0.4) is 0 Å². The quantitative estimate of drug-likeness (QED) is 0.719. The van der Waals surface area contributed by atoms with Crippen molar-refractivity contribution in [2.24, 2.45) is 0 Å². The molecule has 0 radical (unpaired) electrons. The van der Waals surface area contributed by atoms with Crippen LogP contribution in [0.2, 0.25) is 0 Å². The zero-order valence-corrected chi connectivity index (χ0v) is 12.4. The molecule has 0 fully saturated rings. The Morgan fingerprint density at radius 2 is 1.95 bits per heavy atom. The van der Waals surface area contributed by atoms with Gasteiger partial charge >= 0.3 is 0 Å². The Balaban J connectivity index is 1.65. The number of nitrogens with one attached hydrogen (secondary N) is 2. The molecule has 1 aromatic carbocycles. The fraction of sp³-hybridized carbons (Fsp3) is 0.176. The molecule has 2 aromatic heterocycles. The van der Waals surface area contributed by atoms with E-state index in [0.717, 1.165) is 23.7 Å². The summed E-state index contributed by atoms with van der Waals surface area (Å²) in [5.74, 6) is 2.18. The van der Waals surface area contributed by atoms with E-state index in [9.17, 15) is 0 Å². The molecule has 0 spiro atoms. The van der Waals surface area contributed by atoms with Crippen molar-refractivity contribution in [3.63, 3.8) is 0 Å². The number of benzene rings is 1. The molecule has 0 aliphatic heterocycles. The van der Waals surface area contributed by atoms with Crippen LogP contribution in [0.1, 0.15) is 18.2 Å². The Morgan fingerprint density at radius 1 is 1.09 bits per heavy atom. The maximum Gasteiger partial charge on any atom is 0.229 e. The molecule has 0 unspecified atom stereocenters. The SMILES string of the molecule is CCc1ccc(Nc2nccc(NCc3ccco3)n2)cc1. The van der Waals surface area contributed by atoms with Crippen LogP contribution < -0.4 is 10.6 Å². The molecule has 2 heterocycles. The van der Waals surface area contributed by atoms with Crippen LogP contribution in [0.4, 0.5) is 17.5 Å². The summed E-state index contributed by atoms with van der Waals surface area (Å²) in [7, 11) is 0. The zero-order chi connectivity index (χ0) is 15.2. The van der Waals surface area contributed by atoms with Crippen molar-refractivity contribution in [1.82, 2.24) is 9.97 Å². The topological polar surface area (TPSA) is 63.0 Å². The Hall–Kier alpha value is -2.82. The lowest BCUT2D eigenvalue weighted by Crippen LogP contribution is -2.03. The molecule has 0 aliphatic carbocycles. The predicted octanol–water partition coefficient (Wildman–Crippen LogP) is 3.99. The largest absolute Gasteiger partial charge is 0.467 e. The molecule has 0 bridgehead atoms. The summed E-state index contributed by atoms with van der Waals surface area (Å²) in [6.07, 6.45) is 4.41. The summed E-state index contributed by atoms with van der Waals surface area (Å²) in [4.78, 5) is 8.67. The minimum atomic E-state index is 0.564. The van der Waals surface area contributed by atoms with E-state index in [0.29, 0.717) is 12.5 Å². The third-order valence-corrected chi connectivity index (χ3v) is 3.30. The van der Waals surface area contributed by atoms with Crippen molar-refractivity contribution in [1.29, 1.82) is 0 Å². The van der Waals surface area contributed by atoms with Crippen molar-refractivity contribution < 1.29 is 4.42 Å². The first kappa shape index (κ1) is 14.1. The monoisotopic (exact) mass is 294 g/mol. The number of hydrogen-bond acceptors (Lipinski definition) is 5. The van der Waals surface area contributed by atoms with E-state index < -0.39 is 0 Å². The number of anilines is 3. The van der Waals surface area contributed by atoms with Gasteiger partial charge in [0.2, 0.25) is 5.95 Å². The minimum absolute atomic E-state index is 0.564. The van der Waals surface area contributed by atoms with Gasteiger partial charge in [-0.2, -0.15) is 4.98 Å². The average Bonchev–Trinajstić information content (AvgIpc) is 3.08. The molecule has 3 rings (SSSR count). The summed E-state index contributed by atoms with van der Waals surface area (Å²) >= 11 is 0. The maximum atomic E-state index is 5.28. The van der Waals surface area contributed by atoms with Crippen molar-refractivity contribution in [3.8, 4) is 0 Å². The number of nitrogens with zero attached hydrogens (tertiary/aromatic N) is 2. The molecule has 3 aromatic rings. The van der Waals surface area contributed by atoms with Crippen LogP contribution in [0.15, 0.2) is 59.3 Å². The van der Waals surface area contributed by atoms with Gasteiger partial charge in [-0.3, -0.25) is 0 Å². The molecule has 2 N–H and O–H groups in total. The van der Waals surface area contributed by atoms with Crippen LogP contribution in [-0.4, -0.2) is 9.97 Å². The van der Waals surface area contributed by atoms with E-state index >= 15 is 0 Å². The molecule has 0 atom stereocenters. The van der Waals surface area contributed by atoms with Crippen LogP contribution in [-0.2, 0) is 13.0 Å². The van der Waals surface area contributed by atoms with Crippen molar-refractivity contribution in [2.75, 3.05) is 10.6 Å². The molecular formula is C17H18N4O. The molecule has 0 saturated heterocycles. The highest BCUT2D eigenvalue weighted by molar-refractivity contribution is 5.55. The Morgan fingerprint density at radius 3 is 2.68 bits per heavy atom. The van der Waals surface area contributed by atoms with E-state index in [1.165, 1.54) is 5.56 Å². The average molecular weight is 294 g/mol. The van der Waals surface area contributed by atoms with E-state index in [2.05, 4.69) is 39.7 Å². The third-order valence-electron chi connectivity index (χ3n) is 3.30. The van der Waals surface area contributed by atoms with E-state index in [1.54, 1.807) is 12.5 Å². The molecule has 0 amide bonds. The Bertz CT molecular complexity index is 708. The highest BCUT2D eigenvalue weighted by Gasteiger charge is 2.01.